The SMILES string of the molecule is CC(N)C(c1cccc(Cl)c1)N1CCCC(C)(C)CC1. The predicted octanol–water partition coefficient (Wildman–Crippen LogP) is 4.24. The molecule has 20 heavy (non-hydrogen) atoms. The smallest absolute Gasteiger partial charge is 0.0496 e. The molecule has 1 heterocycles. The fourth-order valence-electron chi connectivity index (χ4n) is 3.26. The van der Waals surface area contributed by atoms with Gasteiger partial charge in [-0.15, -0.1) is 0 Å². The first-order chi connectivity index (χ1) is 9.39. The summed E-state index contributed by atoms with van der Waals surface area (Å²) in [5.74, 6) is 0. The van der Waals surface area contributed by atoms with E-state index >= 15 is 0 Å². The molecule has 0 saturated carbocycles. The lowest BCUT2D eigenvalue weighted by Crippen LogP contribution is -2.40. The zero-order valence-electron chi connectivity index (χ0n) is 12.9. The van der Waals surface area contributed by atoms with Crippen LogP contribution in [-0.2, 0) is 0 Å². The minimum Gasteiger partial charge on any atom is -0.326 e. The summed E-state index contributed by atoms with van der Waals surface area (Å²) < 4.78 is 0. The van der Waals surface area contributed by atoms with Gasteiger partial charge in [-0.25, -0.2) is 0 Å². The Balaban J connectivity index is 2.21. The third-order valence-corrected chi connectivity index (χ3v) is 4.69. The average Bonchev–Trinajstić information content (AvgIpc) is 2.51. The Morgan fingerprint density at radius 3 is 2.65 bits per heavy atom. The van der Waals surface area contributed by atoms with Crippen molar-refractivity contribution in [2.75, 3.05) is 13.1 Å². The summed E-state index contributed by atoms with van der Waals surface area (Å²) in [5, 5.41) is 0.795. The topological polar surface area (TPSA) is 29.3 Å². The van der Waals surface area contributed by atoms with Crippen molar-refractivity contribution >= 4 is 11.6 Å². The maximum absolute atomic E-state index is 6.28. The summed E-state index contributed by atoms with van der Waals surface area (Å²) in [7, 11) is 0. The molecule has 1 aromatic rings. The third kappa shape index (κ3) is 3.97. The first kappa shape index (κ1) is 15.8. The number of hydrogen-bond donors (Lipinski definition) is 1. The van der Waals surface area contributed by atoms with Gasteiger partial charge in [-0.1, -0.05) is 37.6 Å². The van der Waals surface area contributed by atoms with Crippen LogP contribution in [0.3, 0.4) is 0 Å². The van der Waals surface area contributed by atoms with Gasteiger partial charge in [-0.2, -0.15) is 0 Å². The second-order valence-corrected chi connectivity index (χ2v) is 7.35. The van der Waals surface area contributed by atoms with Gasteiger partial charge in [0.1, 0.15) is 0 Å². The van der Waals surface area contributed by atoms with Gasteiger partial charge >= 0.3 is 0 Å². The van der Waals surface area contributed by atoms with Crippen molar-refractivity contribution in [1.29, 1.82) is 0 Å². The van der Waals surface area contributed by atoms with Gasteiger partial charge in [-0.05, 0) is 62.4 Å². The molecule has 1 aliphatic heterocycles. The molecule has 2 N–H and O–H groups in total. The molecule has 1 aromatic carbocycles. The van der Waals surface area contributed by atoms with E-state index in [4.69, 9.17) is 17.3 Å². The molecule has 0 aromatic heterocycles. The molecule has 1 saturated heterocycles. The van der Waals surface area contributed by atoms with Gasteiger partial charge in [0.15, 0.2) is 0 Å². The van der Waals surface area contributed by atoms with Crippen LogP contribution in [0.4, 0.5) is 0 Å². The highest BCUT2D eigenvalue weighted by Crippen LogP contribution is 2.34. The Labute approximate surface area is 128 Å². The van der Waals surface area contributed by atoms with E-state index < -0.39 is 0 Å². The van der Waals surface area contributed by atoms with Gasteiger partial charge < -0.3 is 5.73 Å². The number of benzene rings is 1. The van der Waals surface area contributed by atoms with Crippen molar-refractivity contribution < 1.29 is 0 Å². The van der Waals surface area contributed by atoms with Gasteiger partial charge in [0, 0.05) is 17.1 Å². The summed E-state index contributed by atoms with van der Waals surface area (Å²) in [5.41, 5.74) is 7.98. The Morgan fingerprint density at radius 2 is 2.00 bits per heavy atom. The molecule has 112 valence electrons. The highest BCUT2D eigenvalue weighted by atomic mass is 35.5. The fourth-order valence-corrected chi connectivity index (χ4v) is 3.46. The molecule has 0 bridgehead atoms. The van der Waals surface area contributed by atoms with Gasteiger partial charge in [-0.3, -0.25) is 4.90 Å². The average molecular weight is 295 g/mol. The molecule has 1 aliphatic rings. The van der Waals surface area contributed by atoms with Crippen LogP contribution >= 0.6 is 11.6 Å². The van der Waals surface area contributed by atoms with E-state index in [1.165, 1.54) is 24.8 Å². The van der Waals surface area contributed by atoms with Crippen molar-refractivity contribution in [3.05, 3.63) is 34.9 Å². The maximum Gasteiger partial charge on any atom is 0.0496 e. The Morgan fingerprint density at radius 1 is 1.25 bits per heavy atom. The number of halogens is 1. The molecular formula is C17H27ClN2. The van der Waals surface area contributed by atoms with E-state index in [9.17, 15) is 0 Å². The lowest BCUT2D eigenvalue weighted by Gasteiger charge is -2.34. The summed E-state index contributed by atoms with van der Waals surface area (Å²) in [6, 6.07) is 8.53. The fraction of sp³-hybridized carbons (Fsp3) is 0.647. The standard InChI is InChI=1S/C17H27ClN2/c1-13(19)16(14-6-4-7-15(18)12-14)20-10-5-8-17(2,3)9-11-20/h4,6-7,12-13,16H,5,8-11,19H2,1-3H3. The monoisotopic (exact) mass is 294 g/mol. The summed E-state index contributed by atoms with van der Waals surface area (Å²) in [6.45, 7) is 9.09. The molecule has 2 rings (SSSR count). The Bertz CT molecular complexity index is 442. The molecule has 3 heteroatoms. The molecule has 2 unspecified atom stereocenters. The van der Waals surface area contributed by atoms with Gasteiger partial charge in [0.25, 0.3) is 0 Å². The minimum absolute atomic E-state index is 0.106. The van der Waals surface area contributed by atoms with E-state index in [-0.39, 0.29) is 12.1 Å². The second-order valence-electron chi connectivity index (χ2n) is 6.91. The first-order valence-corrected chi connectivity index (χ1v) is 8.02. The Kier molecular flexibility index (Phi) is 5.11. The highest BCUT2D eigenvalue weighted by Gasteiger charge is 2.29. The largest absolute Gasteiger partial charge is 0.326 e. The molecule has 0 amide bonds. The maximum atomic E-state index is 6.28. The van der Waals surface area contributed by atoms with Crippen molar-refractivity contribution in [2.45, 2.75) is 52.1 Å². The lowest BCUT2D eigenvalue weighted by molar-refractivity contribution is 0.176. The van der Waals surface area contributed by atoms with E-state index in [0.717, 1.165) is 18.1 Å². The normalized spacial score (nSPS) is 23.1. The molecule has 0 aliphatic carbocycles. The Hall–Kier alpha value is -0.570. The molecule has 2 nitrogen and oxygen atoms in total. The van der Waals surface area contributed by atoms with E-state index in [0.29, 0.717) is 5.41 Å². The van der Waals surface area contributed by atoms with Crippen molar-refractivity contribution in [3.63, 3.8) is 0 Å². The number of hydrogen-bond acceptors (Lipinski definition) is 2. The van der Waals surface area contributed by atoms with Crippen LogP contribution in [0.2, 0.25) is 5.02 Å². The molecular weight excluding hydrogens is 268 g/mol. The third-order valence-electron chi connectivity index (χ3n) is 4.46. The van der Waals surface area contributed by atoms with Gasteiger partial charge in [0.05, 0.1) is 0 Å². The highest BCUT2D eigenvalue weighted by molar-refractivity contribution is 6.30. The second kappa shape index (κ2) is 6.46. The van der Waals surface area contributed by atoms with Crippen LogP contribution in [0.15, 0.2) is 24.3 Å². The molecule has 1 fully saturated rings. The summed E-state index contributed by atoms with van der Waals surface area (Å²) in [4.78, 5) is 2.55. The molecule has 0 radical (unpaired) electrons. The summed E-state index contributed by atoms with van der Waals surface area (Å²) >= 11 is 6.15. The predicted molar refractivity (Wildman–Crippen MR) is 87.0 cm³/mol. The number of nitrogens with two attached hydrogens (primary N) is 1. The van der Waals surface area contributed by atoms with E-state index in [1.807, 2.05) is 12.1 Å². The zero-order valence-corrected chi connectivity index (χ0v) is 13.7. The van der Waals surface area contributed by atoms with Crippen LogP contribution in [0, 0.1) is 5.41 Å². The molecule has 0 spiro atoms. The van der Waals surface area contributed by atoms with Crippen molar-refractivity contribution in [1.82, 2.24) is 4.90 Å². The van der Waals surface area contributed by atoms with Crippen molar-refractivity contribution in [3.8, 4) is 0 Å². The van der Waals surface area contributed by atoms with Crippen molar-refractivity contribution in [2.24, 2.45) is 11.1 Å². The summed E-state index contributed by atoms with van der Waals surface area (Å²) in [6.07, 6.45) is 3.78. The minimum atomic E-state index is 0.106. The van der Waals surface area contributed by atoms with E-state index in [2.05, 4.69) is 37.8 Å². The molecule has 2 atom stereocenters. The van der Waals surface area contributed by atoms with Crippen LogP contribution in [-0.4, -0.2) is 24.0 Å². The van der Waals surface area contributed by atoms with Crippen LogP contribution in [0.5, 0.6) is 0 Å². The van der Waals surface area contributed by atoms with E-state index in [1.54, 1.807) is 0 Å². The van der Waals surface area contributed by atoms with Crippen LogP contribution in [0.1, 0.15) is 51.6 Å². The number of likely N-dealkylation sites (tertiary alicyclic amines) is 1. The quantitative estimate of drug-likeness (QED) is 0.903. The van der Waals surface area contributed by atoms with Crippen LogP contribution in [0.25, 0.3) is 0 Å². The zero-order chi connectivity index (χ0) is 14.8. The van der Waals surface area contributed by atoms with Crippen LogP contribution < -0.4 is 5.73 Å². The number of rotatable bonds is 3. The van der Waals surface area contributed by atoms with Gasteiger partial charge in [0.2, 0.25) is 0 Å². The lowest BCUT2D eigenvalue weighted by atomic mass is 9.85. The number of nitrogens with zero attached hydrogens (tertiary/aromatic N) is 1. The first-order valence-electron chi connectivity index (χ1n) is 7.64.